The third-order valence-electron chi connectivity index (χ3n) is 1.54. The smallest absolute Gasteiger partial charge is 0.412 e. The van der Waals surface area contributed by atoms with E-state index in [1.807, 2.05) is 0 Å². The van der Waals surface area contributed by atoms with Gasteiger partial charge in [0.15, 0.2) is 6.61 Å². The summed E-state index contributed by atoms with van der Waals surface area (Å²) in [6.45, 7) is 0.0130. The molecule has 3 nitrogen and oxygen atoms in total. The van der Waals surface area contributed by atoms with Gasteiger partial charge >= 0.3 is 6.09 Å². The van der Waals surface area contributed by atoms with Crippen LogP contribution in [0.25, 0.3) is 0 Å². The van der Waals surface area contributed by atoms with Crippen molar-refractivity contribution >= 4 is 35.0 Å². The number of alkyl halides is 1. The summed E-state index contributed by atoms with van der Waals surface area (Å²) in [5, 5.41) is 3.05. The molecule has 0 heterocycles. The van der Waals surface area contributed by atoms with Crippen LogP contribution in [0.4, 0.5) is 10.5 Å². The van der Waals surface area contributed by atoms with E-state index in [1.165, 1.54) is 0 Å². The van der Waals surface area contributed by atoms with Gasteiger partial charge in [0, 0.05) is 32.4 Å². The fourth-order valence-electron chi connectivity index (χ4n) is 0.920. The van der Waals surface area contributed by atoms with Gasteiger partial charge in [-0.3, -0.25) is 5.32 Å². The third kappa shape index (κ3) is 7.30. The van der Waals surface area contributed by atoms with Crippen LogP contribution in [0.2, 0.25) is 5.02 Å². The van der Waals surface area contributed by atoms with Crippen LogP contribution in [-0.2, 0) is 26.5 Å². The van der Waals surface area contributed by atoms with E-state index in [1.54, 1.807) is 24.3 Å². The molecule has 0 aliphatic heterocycles. The first-order chi connectivity index (χ1) is 7.72. The molecule has 0 bridgehead atoms. The minimum absolute atomic E-state index is 0. The van der Waals surface area contributed by atoms with Crippen molar-refractivity contribution in [2.45, 2.75) is 0 Å². The predicted molar refractivity (Wildman–Crippen MR) is 64.9 cm³/mol. The number of anilines is 1. The molecule has 1 N–H and O–H groups in total. The Morgan fingerprint density at radius 2 is 2.18 bits per heavy atom. The molecule has 0 aliphatic carbocycles. The van der Waals surface area contributed by atoms with Gasteiger partial charge in [0.1, 0.15) is 0 Å². The minimum atomic E-state index is -0.578. The number of rotatable bonds is 2. The van der Waals surface area contributed by atoms with Gasteiger partial charge in [-0.05, 0) is 18.2 Å². The summed E-state index contributed by atoms with van der Waals surface area (Å²) < 4.78 is 4.76. The number of ether oxygens (including phenoxy) is 1. The predicted octanol–water partition coefficient (Wildman–Crippen LogP) is 3.13. The normalized spacial score (nSPS) is 8.35. The van der Waals surface area contributed by atoms with Gasteiger partial charge in [-0.25, -0.2) is 4.79 Å². The summed E-state index contributed by atoms with van der Waals surface area (Å²) in [5.41, 5.74) is 0.572. The molecule has 1 amide bonds. The maximum atomic E-state index is 11.2. The molecule has 1 rings (SSSR count). The van der Waals surface area contributed by atoms with Gasteiger partial charge in [0.25, 0.3) is 0 Å². The SMILES string of the molecule is O=C(Nc1cccc(Cl)c1)OCC#CCCl.[Ti]. The first-order valence-corrected chi connectivity index (χ1v) is 5.34. The molecule has 0 atom stereocenters. The Morgan fingerprint density at radius 3 is 2.82 bits per heavy atom. The molecular weight excluding hydrogens is 297 g/mol. The summed E-state index contributed by atoms with van der Waals surface area (Å²) >= 11 is 11.1. The van der Waals surface area contributed by atoms with Crippen LogP contribution in [0.15, 0.2) is 24.3 Å². The van der Waals surface area contributed by atoms with Crippen molar-refractivity contribution < 1.29 is 31.2 Å². The van der Waals surface area contributed by atoms with E-state index in [9.17, 15) is 4.79 Å². The monoisotopic (exact) mass is 305 g/mol. The first kappa shape index (κ1) is 16.3. The maximum absolute atomic E-state index is 11.2. The van der Waals surface area contributed by atoms with E-state index in [0.29, 0.717) is 10.7 Å². The second-order valence-electron chi connectivity index (χ2n) is 2.70. The van der Waals surface area contributed by atoms with Crippen molar-refractivity contribution in [2.24, 2.45) is 0 Å². The Morgan fingerprint density at radius 1 is 1.41 bits per heavy atom. The average molecular weight is 306 g/mol. The van der Waals surface area contributed by atoms with Crippen LogP contribution >= 0.6 is 23.2 Å². The molecule has 88 valence electrons. The summed E-state index contributed by atoms with van der Waals surface area (Å²) in [7, 11) is 0. The van der Waals surface area contributed by atoms with E-state index in [0.717, 1.165) is 0 Å². The largest absolute Gasteiger partial charge is 0.436 e. The van der Waals surface area contributed by atoms with Gasteiger partial charge in [-0.2, -0.15) is 0 Å². The van der Waals surface area contributed by atoms with Crippen LogP contribution in [0.3, 0.4) is 0 Å². The quantitative estimate of drug-likeness (QED) is 0.518. The fraction of sp³-hybridized carbons (Fsp3) is 0.182. The summed E-state index contributed by atoms with van der Waals surface area (Å²) in [5.74, 6) is 5.36. The molecule has 0 spiro atoms. The molecule has 0 fully saturated rings. The summed E-state index contributed by atoms with van der Waals surface area (Å²) in [6.07, 6.45) is -0.578. The number of carbonyl (C=O) groups is 1. The van der Waals surface area contributed by atoms with Crippen molar-refractivity contribution in [3.63, 3.8) is 0 Å². The van der Waals surface area contributed by atoms with Crippen LogP contribution in [0, 0.1) is 11.8 Å². The van der Waals surface area contributed by atoms with Crippen LogP contribution in [0.1, 0.15) is 0 Å². The molecule has 0 saturated heterocycles. The molecule has 6 heteroatoms. The molecule has 1 aromatic carbocycles. The average Bonchev–Trinajstić information content (AvgIpc) is 2.24. The molecule has 0 aliphatic rings. The summed E-state index contributed by atoms with van der Waals surface area (Å²) in [6, 6.07) is 6.76. The number of hydrogen-bond donors (Lipinski definition) is 1. The van der Waals surface area contributed by atoms with Crippen LogP contribution < -0.4 is 5.32 Å². The molecule has 0 saturated carbocycles. The Labute approximate surface area is 125 Å². The van der Waals surface area contributed by atoms with Gasteiger partial charge in [0.05, 0.1) is 5.88 Å². The Bertz CT molecular complexity index is 429. The minimum Gasteiger partial charge on any atom is -0.436 e. The zero-order chi connectivity index (χ0) is 11.8. The number of amides is 1. The van der Waals surface area contributed by atoms with Gasteiger partial charge < -0.3 is 4.74 Å². The molecule has 0 unspecified atom stereocenters. The van der Waals surface area contributed by atoms with Gasteiger partial charge in [0.2, 0.25) is 0 Å². The number of benzene rings is 1. The van der Waals surface area contributed by atoms with Crippen molar-refractivity contribution in [1.82, 2.24) is 0 Å². The van der Waals surface area contributed by atoms with Crippen LogP contribution in [0.5, 0.6) is 0 Å². The zero-order valence-electron chi connectivity index (χ0n) is 8.80. The topological polar surface area (TPSA) is 38.3 Å². The second-order valence-corrected chi connectivity index (χ2v) is 3.40. The Kier molecular flexibility index (Phi) is 9.02. The second kappa shape index (κ2) is 9.38. The van der Waals surface area contributed by atoms with E-state index in [-0.39, 0.29) is 34.2 Å². The molecule has 0 radical (unpaired) electrons. The van der Waals surface area contributed by atoms with E-state index < -0.39 is 6.09 Å². The summed E-state index contributed by atoms with van der Waals surface area (Å²) in [4.78, 5) is 11.2. The van der Waals surface area contributed by atoms with E-state index in [4.69, 9.17) is 27.9 Å². The van der Waals surface area contributed by atoms with E-state index in [2.05, 4.69) is 17.2 Å². The number of carbonyl (C=O) groups excluding carboxylic acids is 1. The molecular formula is C11H9Cl2NO2Ti. The van der Waals surface area contributed by atoms with Crippen molar-refractivity contribution in [3.05, 3.63) is 29.3 Å². The van der Waals surface area contributed by atoms with Gasteiger partial charge in [-0.15, -0.1) is 11.6 Å². The van der Waals surface area contributed by atoms with E-state index >= 15 is 0 Å². The zero-order valence-corrected chi connectivity index (χ0v) is 11.9. The number of halogens is 2. The standard InChI is InChI=1S/C11H9Cl2NO2.Ti/c12-6-1-2-7-16-11(15)14-10-5-3-4-9(13)8-10;/h3-5,8H,6-7H2,(H,14,15);. The molecule has 0 aromatic heterocycles. The third-order valence-corrected chi connectivity index (χ3v) is 1.91. The molecule has 17 heavy (non-hydrogen) atoms. The first-order valence-electron chi connectivity index (χ1n) is 4.43. The van der Waals surface area contributed by atoms with Crippen molar-refractivity contribution in [1.29, 1.82) is 0 Å². The van der Waals surface area contributed by atoms with Crippen LogP contribution in [-0.4, -0.2) is 18.6 Å². The number of nitrogens with one attached hydrogen (secondary N) is 1. The number of hydrogen-bond acceptors (Lipinski definition) is 2. The van der Waals surface area contributed by atoms with Crippen molar-refractivity contribution in [3.8, 4) is 11.8 Å². The molecule has 1 aromatic rings. The van der Waals surface area contributed by atoms with Gasteiger partial charge in [-0.1, -0.05) is 29.5 Å². The van der Waals surface area contributed by atoms with Crippen molar-refractivity contribution in [2.75, 3.05) is 17.8 Å². The maximum Gasteiger partial charge on any atom is 0.412 e. The Hall–Kier alpha value is -0.656. The fourth-order valence-corrected chi connectivity index (χ4v) is 1.20. The Balaban J connectivity index is 0.00000256.